The van der Waals surface area contributed by atoms with E-state index in [1.807, 2.05) is 23.0 Å². The highest BCUT2D eigenvalue weighted by atomic mass is 15.2. The van der Waals surface area contributed by atoms with Crippen LogP contribution in [0.15, 0.2) is 30.6 Å². The van der Waals surface area contributed by atoms with Gasteiger partial charge >= 0.3 is 0 Å². The van der Waals surface area contributed by atoms with Crippen LogP contribution in [-0.2, 0) is 6.54 Å². The molecule has 0 bridgehead atoms. The first kappa shape index (κ1) is 12.7. The van der Waals surface area contributed by atoms with Gasteiger partial charge in [-0.2, -0.15) is 5.10 Å². The topological polar surface area (TPSA) is 29.3 Å². The second kappa shape index (κ2) is 5.74. The Kier molecular flexibility index (Phi) is 3.83. The van der Waals surface area contributed by atoms with Crippen LogP contribution in [0.25, 0.3) is 5.52 Å². The Morgan fingerprint density at radius 3 is 3.21 bits per heavy atom. The average Bonchev–Trinajstić information content (AvgIpc) is 2.89. The molecule has 0 amide bonds. The van der Waals surface area contributed by atoms with Gasteiger partial charge in [0, 0.05) is 24.3 Å². The summed E-state index contributed by atoms with van der Waals surface area (Å²) in [5.41, 5.74) is 2.53. The van der Waals surface area contributed by atoms with Crippen LogP contribution >= 0.6 is 0 Å². The zero-order chi connectivity index (χ0) is 13.1. The Bertz CT molecular complexity index is 532. The molecule has 3 nitrogen and oxygen atoms in total. The Morgan fingerprint density at radius 2 is 2.32 bits per heavy atom. The number of rotatable bonds is 4. The van der Waals surface area contributed by atoms with Crippen LogP contribution in [0, 0.1) is 5.92 Å². The van der Waals surface area contributed by atoms with E-state index in [0.717, 1.165) is 12.5 Å². The fourth-order valence-corrected chi connectivity index (χ4v) is 3.23. The lowest BCUT2D eigenvalue weighted by Gasteiger charge is -2.29. The summed E-state index contributed by atoms with van der Waals surface area (Å²) < 4.78 is 1.95. The number of hydrogen-bond donors (Lipinski definition) is 1. The van der Waals surface area contributed by atoms with Crippen LogP contribution in [0.5, 0.6) is 0 Å². The molecule has 0 aromatic carbocycles. The SMILES string of the molecule is CCC1CCCC(NCc2cnn3ccccc23)C1. The third-order valence-electron chi connectivity index (χ3n) is 4.45. The van der Waals surface area contributed by atoms with Crippen molar-refractivity contribution in [1.82, 2.24) is 14.9 Å². The van der Waals surface area contributed by atoms with Crippen LogP contribution in [0.4, 0.5) is 0 Å². The third-order valence-corrected chi connectivity index (χ3v) is 4.45. The molecule has 2 unspecified atom stereocenters. The number of nitrogens with one attached hydrogen (secondary N) is 1. The first-order valence-electron chi connectivity index (χ1n) is 7.51. The van der Waals surface area contributed by atoms with E-state index < -0.39 is 0 Å². The van der Waals surface area contributed by atoms with Crippen molar-refractivity contribution >= 4 is 5.52 Å². The van der Waals surface area contributed by atoms with Gasteiger partial charge in [0.2, 0.25) is 0 Å². The van der Waals surface area contributed by atoms with E-state index in [2.05, 4.69) is 29.5 Å². The minimum absolute atomic E-state index is 0.692. The molecule has 102 valence electrons. The van der Waals surface area contributed by atoms with Gasteiger partial charge in [-0.3, -0.25) is 0 Å². The van der Waals surface area contributed by atoms with Gasteiger partial charge < -0.3 is 5.32 Å². The van der Waals surface area contributed by atoms with Crippen molar-refractivity contribution in [2.45, 2.75) is 51.6 Å². The van der Waals surface area contributed by atoms with Gasteiger partial charge in [-0.25, -0.2) is 4.52 Å². The summed E-state index contributed by atoms with van der Waals surface area (Å²) in [7, 11) is 0. The quantitative estimate of drug-likeness (QED) is 0.909. The molecule has 3 heteroatoms. The zero-order valence-electron chi connectivity index (χ0n) is 11.7. The highest BCUT2D eigenvalue weighted by molar-refractivity contribution is 5.53. The second-order valence-electron chi connectivity index (χ2n) is 5.72. The summed E-state index contributed by atoms with van der Waals surface area (Å²) in [6.07, 6.45) is 10.8. The lowest BCUT2D eigenvalue weighted by molar-refractivity contribution is 0.278. The van der Waals surface area contributed by atoms with E-state index in [1.54, 1.807) is 0 Å². The molecule has 2 heterocycles. The van der Waals surface area contributed by atoms with E-state index in [-0.39, 0.29) is 0 Å². The largest absolute Gasteiger partial charge is 0.310 e. The molecule has 0 spiro atoms. The van der Waals surface area contributed by atoms with Gasteiger partial charge in [-0.15, -0.1) is 0 Å². The van der Waals surface area contributed by atoms with E-state index in [1.165, 1.54) is 43.2 Å². The molecule has 3 rings (SSSR count). The number of fused-ring (bicyclic) bond motifs is 1. The van der Waals surface area contributed by atoms with Gasteiger partial charge in [0.1, 0.15) is 0 Å². The lowest BCUT2D eigenvalue weighted by Crippen LogP contribution is -2.33. The minimum Gasteiger partial charge on any atom is -0.310 e. The molecule has 19 heavy (non-hydrogen) atoms. The van der Waals surface area contributed by atoms with Crippen molar-refractivity contribution < 1.29 is 0 Å². The maximum atomic E-state index is 4.39. The maximum absolute atomic E-state index is 4.39. The molecule has 1 fully saturated rings. The molecule has 1 aliphatic rings. The Labute approximate surface area is 115 Å². The van der Waals surface area contributed by atoms with Crippen molar-refractivity contribution in [1.29, 1.82) is 0 Å². The van der Waals surface area contributed by atoms with Gasteiger partial charge in [0.25, 0.3) is 0 Å². The lowest BCUT2D eigenvalue weighted by atomic mass is 9.84. The Morgan fingerprint density at radius 1 is 1.37 bits per heavy atom. The number of aromatic nitrogens is 2. The van der Waals surface area contributed by atoms with Crippen molar-refractivity contribution in [2.24, 2.45) is 5.92 Å². The fraction of sp³-hybridized carbons (Fsp3) is 0.562. The van der Waals surface area contributed by atoms with Gasteiger partial charge in [0.05, 0.1) is 11.7 Å². The van der Waals surface area contributed by atoms with E-state index in [0.29, 0.717) is 6.04 Å². The number of hydrogen-bond acceptors (Lipinski definition) is 2. The van der Waals surface area contributed by atoms with Crippen LogP contribution < -0.4 is 5.32 Å². The zero-order valence-corrected chi connectivity index (χ0v) is 11.7. The molecule has 0 radical (unpaired) electrons. The van der Waals surface area contributed by atoms with Crippen LogP contribution in [0.3, 0.4) is 0 Å². The molecule has 2 atom stereocenters. The second-order valence-corrected chi connectivity index (χ2v) is 5.72. The Hall–Kier alpha value is -1.35. The summed E-state index contributed by atoms with van der Waals surface area (Å²) in [6.45, 7) is 3.26. The third kappa shape index (κ3) is 2.81. The van der Waals surface area contributed by atoms with Crippen molar-refractivity contribution in [3.63, 3.8) is 0 Å². The predicted molar refractivity (Wildman–Crippen MR) is 78.1 cm³/mol. The van der Waals surface area contributed by atoms with Crippen molar-refractivity contribution in [2.75, 3.05) is 0 Å². The maximum Gasteiger partial charge on any atom is 0.0706 e. The average molecular weight is 257 g/mol. The van der Waals surface area contributed by atoms with E-state index in [9.17, 15) is 0 Å². The summed E-state index contributed by atoms with van der Waals surface area (Å²) in [6, 6.07) is 6.93. The number of nitrogens with zero attached hydrogens (tertiary/aromatic N) is 2. The minimum atomic E-state index is 0.692. The summed E-state index contributed by atoms with van der Waals surface area (Å²) in [5, 5.41) is 8.12. The van der Waals surface area contributed by atoms with Crippen molar-refractivity contribution in [3.8, 4) is 0 Å². The Balaban J connectivity index is 1.63. The number of pyridine rings is 1. The fourth-order valence-electron chi connectivity index (χ4n) is 3.23. The summed E-state index contributed by atoms with van der Waals surface area (Å²) >= 11 is 0. The molecular formula is C16H23N3. The molecule has 2 aromatic heterocycles. The summed E-state index contributed by atoms with van der Waals surface area (Å²) in [4.78, 5) is 0. The summed E-state index contributed by atoms with van der Waals surface area (Å²) in [5.74, 6) is 0.926. The molecule has 0 aliphatic heterocycles. The van der Waals surface area contributed by atoms with E-state index in [4.69, 9.17) is 0 Å². The van der Waals surface area contributed by atoms with Gasteiger partial charge in [0.15, 0.2) is 0 Å². The van der Waals surface area contributed by atoms with Crippen LogP contribution in [0.1, 0.15) is 44.6 Å². The highest BCUT2D eigenvalue weighted by Crippen LogP contribution is 2.26. The molecule has 1 N–H and O–H groups in total. The first-order chi connectivity index (χ1) is 9.36. The standard InChI is InChI=1S/C16H23N3/c1-2-13-6-5-7-15(10-13)17-11-14-12-18-19-9-4-3-8-16(14)19/h3-4,8-9,12-13,15,17H,2,5-7,10-11H2,1H3. The molecule has 1 aliphatic carbocycles. The predicted octanol–water partition coefficient (Wildman–Crippen LogP) is 3.39. The normalized spacial score (nSPS) is 23.8. The smallest absolute Gasteiger partial charge is 0.0706 e. The first-order valence-corrected chi connectivity index (χ1v) is 7.51. The van der Waals surface area contributed by atoms with Gasteiger partial charge in [-0.1, -0.05) is 32.3 Å². The van der Waals surface area contributed by atoms with E-state index >= 15 is 0 Å². The van der Waals surface area contributed by atoms with Gasteiger partial charge in [-0.05, 0) is 30.9 Å². The highest BCUT2D eigenvalue weighted by Gasteiger charge is 2.20. The molecule has 1 saturated carbocycles. The molecule has 2 aromatic rings. The monoisotopic (exact) mass is 257 g/mol. The van der Waals surface area contributed by atoms with Crippen LogP contribution in [-0.4, -0.2) is 15.7 Å². The van der Waals surface area contributed by atoms with Crippen LogP contribution in [0.2, 0.25) is 0 Å². The van der Waals surface area contributed by atoms with Crippen molar-refractivity contribution in [3.05, 3.63) is 36.2 Å². The molecular weight excluding hydrogens is 234 g/mol. The molecule has 0 saturated heterocycles.